The van der Waals surface area contributed by atoms with E-state index in [4.69, 9.17) is 5.11 Å². The Bertz CT molecular complexity index is 265. The second kappa shape index (κ2) is 3.78. The molecule has 0 aromatic carbocycles. The lowest BCUT2D eigenvalue weighted by Gasteiger charge is -2.21. The Morgan fingerprint density at radius 2 is 2.23 bits per heavy atom. The van der Waals surface area contributed by atoms with Crippen LogP contribution in [-0.2, 0) is 14.4 Å². The highest BCUT2D eigenvalue weighted by molar-refractivity contribution is 7.80. The summed E-state index contributed by atoms with van der Waals surface area (Å²) >= 11 is 3.81. The summed E-state index contributed by atoms with van der Waals surface area (Å²) in [5.74, 6) is -1.77. The maximum atomic E-state index is 11.1. The number of hydrogen-bond donors (Lipinski definition) is 2. The molecule has 1 rings (SSSR count). The summed E-state index contributed by atoms with van der Waals surface area (Å²) < 4.78 is 0. The van der Waals surface area contributed by atoms with Crippen molar-refractivity contribution in [2.75, 3.05) is 12.3 Å². The first-order chi connectivity index (χ1) is 6.06. The highest BCUT2D eigenvalue weighted by atomic mass is 32.1. The molecule has 1 N–H and O–H groups in total. The Labute approximate surface area is 80.1 Å². The van der Waals surface area contributed by atoms with Crippen molar-refractivity contribution in [3.8, 4) is 0 Å². The summed E-state index contributed by atoms with van der Waals surface area (Å²) in [5, 5.41) is 8.68. The van der Waals surface area contributed by atoms with Gasteiger partial charge in [0, 0.05) is 5.75 Å². The van der Waals surface area contributed by atoms with Crippen molar-refractivity contribution in [3.63, 3.8) is 0 Å². The summed E-state index contributed by atoms with van der Waals surface area (Å²) in [6, 6.07) is -0.984. The van der Waals surface area contributed by atoms with Gasteiger partial charge in [-0.25, -0.2) is 4.79 Å². The van der Waals surface area contributed by atoms with Crippen molar-refractivity contribution in [1.29, 1.82) is 0 Å². The summed E-state index contributed by atoms with van der Waals surface area (Å²) in [5.41, 5.74) is 0. The topological polar surface area (TPSA) is 74.7 Å². The zero-order chi connectivity index (χ0) is 10.0. The number of aliphatic carboxylic acids is 1. The monoisotopic (exact) mass is 203 g/mol. The lowest BCUT2D eigenvalue weighted by atomic mass is 10.3. The van der Waals surface area contributed by atoms with E-state index in [1.54, 1.807) is 0 Å². The molecule has 0 radical (unpaired) electrons. The number of carbonyl (C=O) groups is 3. The zero-order valence-electron chi connectivity index (χ0n) is 6.77. The maximum Gasteiger partial charge on any atom is 0.327 e. The third-order valence-electron chi connectivity index (χ3n) is 1.85. The first-order valence-corrected chi connectivity index (χ1v) is 4.34. The Morgan fingerprint density at radius 3 is 2.54 bits per heavy atom. The maximum absolute atomic E-state index is 11.1. The zero-order valence-corrected chi connectivity index (χ0v) is 7.66. The van der Waals surface area contributed by atoms with Gasteiger partial charge in [0.05, 0.1) is 13.0 Å². The minimum Gasteiger partial charge on any atom is -0.480 e. The number of carboxylic acid groups (broad SMARTS) is 1. The van der Waals surface area contributed by atoms with Gasteiger partial charge >= 0.3 is 5.97 Å². The van der Waals surface area contributed by atoms with E-state index in [1.165, 1.54) is 0 Å². The highest BCUT2D eigenvalue weighted by Crippen LogP contribution is 2.12. The molecule has 1 saturated heterocycles. The predicted octanol–water partition coefficient (Wildman–Crippen LogP) is -0.829. The summed E-state index contributed by atoms with van der Waals surface area (Å²) in [6.45, 7) is -0.101. The van der Waals surface area contributed by atoms with Crippen LogP contribution in [0.25, 0.3) is 0 Å². The molecule has 1 amide bonds. The summed E-state index contributed by atoms with van der Waals surface area (Å²) in [6.07, 6.45) is -0.183. The second-order valence-corrected chi connectivity index (χ2v) is 3.14. The van der Waals surface area contributed by atoms with Crippen LogP contribution in [0.2, 0.25) is 0 Å². The molecule has 13 heavy (non-hydrogen) atoms. The van der Waals surface area contributed by atoms with E-state index in [0.29, 0.717) is 0 Å². The number of carboxylic acids is 1. The normalized spacial score (nSPS) is 19.3. The fraction of sp³-hybridized carbons (Fsp3) is 0.571. The minimum atomic E-state index is -1.13. The smallest absolute Gasteiger partial charge is 0.327 e. The quantitative estimate of drug-likeness (QED) is 0.464. The van der Waals surface area contributed by atoms with Gasteiger partial charge in [0.2, 0.25) is 5.91 Å². The SMILES string of the molecule is O=C1CC(=O)N([C@@H](CS)C(=O)O)C1. The lowest BCUT2D eigenvalue weighted by molar-refractivity contribution is -0.147. The second-order valence-electron chi connectivity index (χ2n) is 2.77. The van der Waals surface area contributed by atoms with Crippen LogP contribution in [0.5, 0.6) is 0 Å². The number of ketones is 1. The van der Waals surface area contributed by atoms with E-state index in [0.717, 1.165) is 4.90 Å². The number of Topliss-reactive ketones (excluding diaryl/α,β-unsaturated/α-hetero) is 1. The molecule has 1 aliphatic heterocycles. The van der Waals surface area contributed by atoms with Crippen molar-refractivity contribution in [3.05, 3.63) is 0 Å². The van der Waals surface area contributed by atoms with Crippen molar-refractivity contribution in [1.82, 2.24) is 4.90 Å². The van der Waals surface area contributed by atoms with Crippen molar-refractivity contribution >= 4 is 30.3 Å². The van der Waals surface area contributed by atoms with Crippen molar-refractivity contribution in [2.24, 2.45) is 0 Å². The van der Waals surface area contributed by atoms with Gasteiger partial charge in [0.1, 0.15) is 6.04 Å². The Kier molecular flexibility index (Phi) is 2.92. The molecule has 0 spiro atoms. The van der Waals surface area contributed by atoms with Crippen LogP contribution in [0.1, 0.15) is 6.42 Å². The van der Waals surface area contributed by atoms with Gasteiger partial charge in [0.25, 0.3) is 0 Å². The molecule has 1 heterocycles. The average molecular weight is 203 g/mol. The molecule has 0 aromatic rings. The van der Waals surface area contributed by atoms with Gasteiger partial charge in [-0.3, -0.25) is 9.59 Å². The summed E-state index contributed by atoms with van der Waals surface area (Å²) in [4.78, 5) is 33.6. The van der Waals surface area contributed by atoms with Gasteiger partial charge in [-0.1, -0.05) is 0 Å². The highest BCUT2D eigenvalue weighted by Gasteiger charge is 2.35. The van der Waals surface area contributed by atoms with Crippen LogP contribution in [0, 0.1) is 0 Å². The molecule has 0 bridgehead atoms. The Balaban J connectivity index is 2.75. The van der Waals surface area contributed by atoms with Gasteiger partial charge in [-0.15, -0.1) is 0 Å². The number of carbonyl (C=O) groups excluding carboxylic acids is 2. The largest absolute Gasteiger partial charge is 0.480 e. The standard InChI is InChI=1S/C7H9NO4S/c9-4-1-6(10)8(2-4)5(3-13)7(11)12/h5,13H,1-3H2,(H,11,12)/t5-/m0/s1. The average Bonchev–Trinajstić information content (AvgIpc) is 2.31. The van der Waals surface area contributed by atoms with Crippen LogP contribution in [0.4, 0.5) is 0 Å². The Morgan fingerprint density at radius 1 is 1.62 bits per heavy atom. The third kappa shape index (κ3) is 2.00. The minimum absolute atomic E-state index is 0.0222. The molecule has 1 atom stereocenters. The number of rotatable bonds is 3. The molecule has 6 heteroatoms. The van der Waals surface area contributed by atoms with Crippen molar-refractivity contribution < 1.29 is 19.5 Å². The Hall–Kier alpha value is -1.04. The molecule has 0 saturated carbocycles. The number of likely N-dealkylation sites (tertiary alicyclic amines) is 1. The van der Waals surface area contributed by atoms with E-state index < -0.39 is 17.9 Å². The molecular formula is C7H9NO4S. The number of thiol groups is 1. The first-order valence-electron chi connectivity index (χ1n) is 3.71. The van der Waals surface area contributed by atoms with Crippen LogP contribution in [0.3, 0.4) is 0 Å². The van der Waals surface area contributed by atoms with Gasteiger partial charge in [-0.05, 0) is 0 Å². The van der Waals surface area contributed by atoms with Crippen LogP contribution < -0.4 is 0 Å². The van der Waals surface area contributed by atoms with E-state index in [9.17, 15) is 14.4 Å². The molecule has 0 aliphatic carbocycles. The van der Waals surface area contributed by atoms with Crippen LogP contribution in [0.15, 0.2) is 0 Å². The number of amides is 1. The van der Waals surface area contributed by atoms with E-state index in [-0.39, 0.29) is 24.5 Å². The van der Waals surface area contributed by atoms with Crippen molar-refractivity contribution in [2.45, 2.75) is 12.5 Å². The van der Waals surface area contributed by atoms with Gasteiger partial charge in [0.15, 0.2) is 5.78 Å². The number of hydrogen-bond acceptors (Lipinski definition) is 4. The predicted molar refractivity (Wildman–Crippen MR) is 46.6 cm³/mol. The van der Waals surface area contributed by atoms with Gasteiger partial charge < -0.3 is 10.0 Å². The molecule has 0 aromatic heterocycles. The molecule has 1 aliphatic rings. The number of nitrogens with zero attached hydrogens (tertiary/aromatic N) is 1. The fourth-order valence-electron chi connectivity index (χ4n) is 1.20. The lowest BCUT2D eigenvalue weighted by Crippen LogP contribution is -2.43. The van der Waals surface area contributed by atoms with E-state index >= 15 is 0 Å². The summed E-state index contributed by atoms with van der Waals surface area (Å²) in [7, 11) is 0. The van der Waals surface area contributed by atoms with E-state index in [1.807, 2.05) is 0 Å². The van der Waals surface area contributed by atoms with Crippen LogP contribution >= 0.6 is 12.6 Å². The van der Waals surface area contributed by atoms with E-state index in [2.05, 4.69) is 12.6 Å². The third-order valence-corrected chi connectivity index (χ3v) is 2.20. The van der Waals surface area contributed by atoms with Crippen LogP contribution in [-0.4, -0.2) is 46.0 Å². The first kappa shape index (κ1) is 10.0. The molecule has 5 nitrogen and oxygen atoms in total. The molecular weight excluding hydrogens is 194 g/mol. The molecule has 72 valence electrons. The molecule has 1 fully saturated rings. The fourth-order valence-corrected chi connectivity index (χ4v) is 1.55. The molecule has 0 unspecified atom stereocenters. The van der Waals surface area contributed by atoms with Gasteiger partial charge in [-0.2, -0.15) is 12.6 Å².